The van der Waals surface area contributed by atoms with Crippen molar-refractivity contribution in [1.29, 1.82) is 0 Å². The number of H-pyrrole nitrogens is 1. The molecule has 0 bridgehead atoms. The lowest BCUT2D eigenvalue weighted by Crippen LogP contribution is -2.34. The Morgan fingerprint density at radius 1 is 1.29 bits per heavy atom. The summed E-state index contributed by atoms with van der Waals surface area (Å²) in [6.07, 6.45) is 0. The van der Waals surface area contributed by atoms with E-state index >= 15 is 0 Å². The molecule has 0 saturated heterocycles. The molecule has 1 aromatic rings. The number of carboxylic acids is 1. The van der Waals surface area contributed by atoms with Gasteiger partial charge >= 0.3 is 5.97 Å². The maximum atomic E-state index is 12.4. The number of sulfonamides is 1. The second-order valence-electron chi connectivity index (χ2n) is 5.84. The number of carboxylic acid groups (broad SMARTS) is 1. The minimum Gasteiger partial charge on any atom is -0.476 e. The van der Waals surface area contributed by atoms with Gasteiger partial charge in [0.2, 0.25) is 10.0 Å². The Hall–Kier alpha value is -1.41. The zero-order valence-corrected chi connectivity index (χ0v) is 13.8. The molecule has 0 saturated carbocycles. The molecule has 0 radical (unpaired) electrons. The highest BCUT2D eigenvalue weighted by Gasteiger charge is 2.29. The molecule has 1 aromatic heterocycles. The number of hydrogen-bond donors (Lipinski definition) is 3. The third kappa shape index (κ3) is 4.04. The van der Waals surface area contributed by atoms with Crippen LogP contribution in [0.15, 0.2) is 4.90 Å². The van der Waals surface area contributed by atoms with E-state index in [2.05, 4.69) is 14.9 Å². The van der Waals surface area contributed by atoms with Crippen LogP contribution in [0.4, 0.5) is 0 Å². The quantitative estimate of drug-likeness (QED) is 0.707. The van der Waals surface area contributed by atoms with Gasteiger partial charge in [0, 0.05) is 6.54 Å². The number of aromatic amines is 1. The standard InChI is InChI=1S/C13H23N3O4S/c1-7(2)10(8(3)4)6-14-21(19,20)12-9(5)15-16-11(12)13(17)18/h7-8,10,14H,6H2,1-5H3,(H,15,16)(H,17,18). The van der Waals surface area contributed by atoms with Gasteiger partial charge < -0.3 is 5.11 Å². The van der Waals surface area contributed by atoms with Gasteiger partial charge in [-0.25, -0.2) is 17.9 Å². The van der Waals surface area contributed by atoms with Crippen LogP contribution in [-0.2, 0) is 10.0 Å². The predicted molar refractivity (Wildman–Crippen MR) is 78.6 cm³/mol. The molecule has 120 valence electrons. The average Bonchev–Trinajstić information content (AvgIpc) is 2.70. The average molecular weight is 317 g/mol. The molecule has 0 amide bonds. The van der Waals surface area contributed by atoms with E-state index < -0.39 is 21.7 Å². The van der Waals surface area contributed by atoms with Crippen LogP contribution in [0.2, 0.25) is 0 Å². The molecular formula is C13H23N3O4S. The molecule has 1 heterocycles. The van der Waals surface area contributed by atoms with Gasteiger partial charge in [-0.1, -0.05) is 27.7 Å². The van der Waals surface area contributed by atoms with Crippen LogP contribution in [0.25, 0.3) is 0 Å². The summed E-state index contributed by atoms with van der Waals surface area (Å²) in [6, 6.07) is 0. The summed E-state index contributed by atoms with van der Waals surface area (Å²) < 4.78 is 27.2. The van der Waals surface area contributed by atoms with E-state index in [-0.39, 0.29) is 23.1 Å². The zero-order chi connectivity index (χ0) is 16.4. The zero-order valence-electron chi connectivity index (χ0n) is 13.0. The first-order chi connectivity index (χ1) is 9.58. The van der Waals surface area contributed by atoms with Crippen molar-refractivity contribution in [2.45, 2.75) is 39.5 Å². The molecule has 1 rings (SSSR count). The molecule has 0 fully saturated rings. The van der Waals surface area contributed by atoms with Crippen molar-refractivity contribution in [1.82, 2.24) is 14.9 Å². The van der Waals surface area contributed by atoms with Crippen molar-refractivity contribution in [3.05, 3.63) is 11.4 Å². The lowest BCUT2D eigenvalue weighted by Gasteiger charge is -2.25. The maximum absolute atomic E-state index is 12.4. The number of carbonyl (C=O) groups is 1. The number of nitrogens with one attached hydrogen (secondary N) is 2. The summed E-state index contributed by atoms with van der Waals surface area (Å²) in [5, 5.41) is 15.0. The second-order valence-corrected chi connectivity index (χ2v) is 7.54. The molecule has 0 aliphatic carbocycles. The molecule has 0 atom stereocenters. The van der Waals surface area contributed by atoms with Gasteiger partial charge in [0.05, 0.1) is 5.69 Å². The van der Waals surface area contributed by atoms with E-state index in [4.69, 9.17) is 5.11 Å². The summed E-state index contributed by atoms with van der Waals surface area (Å²) >= 11 is 0. The van der Waals surface area contributed by atoms with Gasteiger partial charge in [0.25, 0.3) is 0 Å². The van der Waals surface area contributed by atoms with Crippen molar-refractivity contribution < 1.29 is 18.3 Å². The largest absolute Gasteiger partial charge is 0.476 e. The van der Waals surface area contributed by atoms with Gasteiger partial charge in [0.15, 0.2) is 5.69 Å². The fourth-order valence-electron chi connectivity index (χ4n) is 2.41. The van der Waals surface area contributed by atoms with Gasteiger partial charge in [-0.2, -0.15) is 5.10 Å². The number of aromatic nitrogens is 2. The lowest BCUT2D eigenvalue weighted by atomic mass is 9.86. The molecule has 0 aliphatic heterocycles. The van der Waals surface area contributed by atoms with Crippen LogP contribution in [-0.4, -0.2) is 36.2 Å². The molecule has 0 unspecified atom stereocenters. The van der Waals surface area contributed by atoms with Crippen LogP contribution in [0.5, 0.6) is 0 Å². The summed E-state index contributed by atoms with van der Waals surface area (Å²) in [7, 11) is -3.91. The topological polar surface area (TPSA) is 112 Å². The third-order valence-corrected chi connectivity index (χ3v) is 5.17. The number of nitrogens with zero attached hydrogens (tertiary/aromatic N) is 1. The fourth-order valence-corrected chi connectivity index (χ4v) is 3.80. The number of hydrogen-bond acceptors (Lipinski definition) is 4. The van der Waals surface area contributed by atoms with E-state index in [1.165, 1.54) is 6.92 Å². The number of aryl methyl sites for hydroxylation is 1. The Balaban J connectivity index is 3.03. The first kappa shape index (κ1) is 17.6. The highest BCUT2D eigenvalue weighted by atomic mass is 32.2. The van der Waals surface area contributed by atoms with E-state index in [0.29, 0.717) is 11.8 Å². The Kier molecular flexibility index (Phi) is 5.52. The van der Waals surface area contributed by atoms with Crippen LogP contribution in [0.3, 0.4) is 0 Å². The molecule has 21 heavy (non-hydrogen) atoms. The highest BCUT2D eigenvalue weighted by Crippen LogP contribution is 2.22. The van der Waals surface area contributed by atoms with E-state index in [9.17, 15) is 13.2 Å². The Labute approximate surface area is 125 Å². The Bertz CT molecular complexity index is 597. The van der Waals surface area contributed by atoms with Crippen LogP contribution >= 0.6 is 0 Å². The fraction of sp³-hybridized carbons (Fsp3) is 0.692. The van der Waals surface area contributed by atoms with E-state index in [1.807, 2.05) is 27.7 Å². The van der Waals surface area contributed by atoms with E-state index in [1.54, 1.807) is 0 Å². The SMILES string of the molecule is Cc1[nH]nc(C(=O)O)c1S(=O)(=O)NCC(C(C)C)C(C)C. The molecule has 8 heteroatoms. The third-order valence-electron chi connectivity index (χ3n) is 3.58. The molecule has 0 aliphatic rings. The second kappa shape index (κ2) is 6.57. The smallest absolute Gasteiger partial charge is 0.357 e. The minimum absolute atomic E-state index is 0.167. The molecule has 0 aromatic carbocycles. The normalized spacial score (nSPS) is 12.6. The molecule has 0 spiro atoms. The summed E-state index contributed by atoms with van der Waals surface area (Å²) in [4.78, 5) is 10.8. The lowest BCUT2D eigenvalue weighted by molar-refractivity contribution is 0.0686. The van der Waals surface area contributed by atoms with Crippen LogP contribution in [0, 0.1) is 24.7 Å². The number of rotatable bonds is 7. The van der Waals surface area contributed by atoms with Crippen LogP contribution in [0.1, 0.15) is 43.9 Å². The van der Waals surface area contributed by atoms with Gasteiger partial charge in [-0.15, -0.1) is 0 Å². The molecule has 7 nitrogen and oxygen atoms in total. The van der Waals surface area contributed by atoms with Crippen molar-refractivity contribution in [2.24, 2.45) is 17.8 Å². The van der Waals surface area contributed by atoms with Crippen molar-refractivity contribution in [2.75, 3.05) is 6.54 Å². The van der Waals surface area contributed by atoms with Crippen molar-refractivity contribution in [3.63, 3.8) is 0 Å². The molecular weight excluding hydrogens is 294 g/mol. The van der Waals surface area contributed by atoms with Gasteiger partial charge in [0.1, 0.15) is 4.90 Å². The van der Waals surface area contributed by atoms with Crippen molar-refractivity contribution >= 4 is 16.0 Å². The summed E-state index contributed by atoms with van der Waals surface area (Å²) in [5.41, 5.74) is -0.267. The molecule has 3 N–H and O–H groups in total. The van der Waals surface area contributed by atoms with Gasteiger partial charge in [-0.3, -0.25) is 5.10 Å². The maximum Gasteiger partial charge on any atom is 0.357 e. The minimum atomic E-state index is -3.91. The first-order valence-corrected chi connectivity index (χ1v) is 8.34. The Morgan fingerprint density at radius 2 is 1.81 bits per heavy atom. The summed E-state index contributed by atoms with van der Waals surface area (Å²) in [6.45, 7) is 9.88. The van der Waals surface area contributed by atoms with Gasteiger partial charge in [-0.05, 0) is 24.7 Å². The summed E-state index contributed by atoms with van der Waals surface area (Å²) in [5.74, 6) is -0.571. The highest BCUT2D eigenvalue weighted by molar-refractivity contribution is 7.89. The predicted octanol–water partition coefficient (Wildman–Crippen LogP) is 1.62. The first-order valence-electron chi connectivity index (χ1n) is 6.85. The van der Waals surface area contributed by atoms with E-state index in [0.717, 1.165) is 0 Å². The Morgan fingerprint density at radius 3 is 2.24 bits per heavy atom. The monoisotopic (exact) mass is 317 g/mol. The van der Waals surface area contributed by atoms with Crippen molar-refractivity contribution in [3.8, 4) is 0 Å². The number of aromatic carboxylic acids is 1. The van der Waals surface area contributed by atoms with Crippen LogP contribution < -0.4 is 4.72 Å².